The Balaban J connectivity index is 2.09. The van der Waals surface area contributed by atoms with E-state index in [1.807, 2.05) is 0 Å². The van der Waals surface area contributed by atoms with Gasteiger partial charge < -0.3 is 15.6 Å². The van der Waals surface area contributed by atoms with E-state index in [9.17, 15) is 4.79 Å². The lowest BCUT2D eigenvalue weighted by molar-refractivity contribution is -0.142. The topological polar surface area (TPSA) is 75.8 Å². The number of hydrogen-bond acceptors (Lipinski definition) is 4. The van der Waals surface area contributed by atoms with Gasteiger partial charge in [-0.25, -0.2) is 0 Å². The second-order valence-corrected chi connectivity index (χ2v) is 4.63. The summed E-state index contributed by atoms with van der Waals surface area (Å²) in [5.41, 5.74) is 4.57. The zero-order valence-corrected chi connectivity index (χ0v) is 9.95. The second-order valence-electron chi connectivity index (χ2n) is 4.63. The Labute approximate surface area is 96.6 Å². The molecule has 1 aliphatic rings. The summed E-state index contributed by atoms with van der Waals surface area (Å²) < 4.78 is 5.25. The molecule has 1 saturated heterocycles. The molecule has 1 aliphatic heterocycles. The van der Waals surface area contributed by atoms with Crippen LogP contribution in [0.1, 0.15) is 26.2 Å². The summed E-state index contributed by atoms with van der Waals surface area (Å²) >= 11 is 0. The van der Waals surface area contributed by atoms with Crippen molar-refractivity contribution in [1.29, 1.82) is 0 Å². The summed E-state index contributed by atoms with van der Waals surface area (Å²) in [5, 5.41) is 8.84. The smallest absolute Gasteiger partial charge is 0.323 e. The maximum atomic E-state index is 10.8. The fourth-order valence-electron chi connectivity index (χ4n) is 1.76. The number of nitrogens with two attached hydrogens (primary N) is 1. The molecule has 0 spiro atoms. The highest BCUT2D eigenvalue weighted by Crippen LogP contribution is 2.11. The molecule has 1 rings (SSSR count). The third kappa shape index (κ3) is 4.47. The molecule has 0 aromatic rings. The van der Waals surface area contributed by atoms with Crippen molar-refractivity contribution in [2.24, 2.45) is 5.73 Å². The van der Waals surface area contributed by atoms with Gasteiger partial charge in [0.2, 0.25) is 0 Å². The van der Waals surface area contributed by atoms with E-state index in [0.29, 0.717) is 6.42 Å². The van der Waals surface area contributed by atoms with Crippen LogP contribution < -0.4 is 5.73 Å². The highest BCUT2D eigenvalue weighted by atomic mass is 16.5. The summed E-state index contributed by atoms with van der Waals surface area (Å²) in [6.07, 6.45) is 2.39. The SMILES string of the molecule is CC(N)(CCCCN1CCOCC1)C(=O)O. The van der Waals surface area contributed by atoms with E-state index in [1.165, 1.54) is 0 Å². The Bertz CT molecular complexity index is 225. The van der Waals surface area contributed by atoms with Crippen molar-refractivity contribution in [1.82, 2.24) is 4.90 Å². The molecule has 0 bridgehead atoms. The van der Waals surface area contributed by atoms with Gasteiger partial charge >= 0.3 is 5.97 Å². The van der Waals surface area contributed by atoms with Crippen molar-refractivity contribution in [3.63, 3.8) is 0 Å². The quantitative estimate of drug-likeness (QED) is 0.641. The van der Waals surface area contributed by atoms with Gasteiger partial charge in [-0.2, -0.15) is 0 Å². The van der Waals surface area contributed by atoms with Crippen LogP contribution in [0, 0.1) is 0 Å². The maximum Gasteiger partial charge on any atom is 0.323 e. The predicted molar refractivity (Wildman–Crippen MR) is 61.3 cm³/mol. The Morgan fingerprint density at radius 1 is 1.44 bits per heavy atom. The van der Waals surface area contributed by atoms with E-state index >= 15 is 0 Å². The van der Waals surface area contributed by atoms with Crippen LogP contribution in [-0.4, -0.2) is 54.4 Å². The molecule has 1 atom stereocenters. The Hall–Kier alpha value is -0.650. The summed E-state index contributed by atoms with van der Waals surface area (Å²) in [5.74, 6) is -0.918. The van der Waals surface area contributed by atoms with Gasteiger partial charge in [-0.05, 0) is 32.7 Å². The Morgan fingerprint density at radius 3 is 2.62 bits per heavy atom. The molecule has 0 aromatic heterocycles. The molecule has 94 valence electrons. The number of hydrogen-bond donors (Lipinski definition) is 2. The molecule has 5 nitrogen and oxygen atoms in total. The highest BCUT2D eigenvalue weighted by Gasteiger charge is 2.26. The third-order valence-electron chi connectivity index (χ3n) is 3.01. The first-order valence-corrected chi connectivity index (χ1v) is 5.85. The van der Waals surface area contributed by atoms with Crippen LogP contribution in [0.4, 0.5) is 0 Å². The van der Waals surface area contributed by atoms with Gasteiger partial charge in [0, 0.05) is 13.1 Å². The molecule has 0 aromatic carbocycles. The first-order valence-electron chi connectivity index (χ1n) is 5.85. The number of carbonyl (C=O) groups is 1. The van der Waals surface area contributed by atoms with Crippen molar-refractivity contribution in [3.8, 4) is 0 Å². The molecule has 0 radical (unpaired) electrons. The molecular weight excluding hydrogens is 208 g/mol. The van der Waals surface area contributed by atoms with Gasteiger partial charge in [-0.3, -0.25) is 9.69 Å². The van der Waals surface area contributed by atoms with Crippen LogP contribution in [-0.2, 0) is 9.53 Å². The minimum absolute atomic E-state index is 0.534. The van der Waals surface area contributed by atoms with Gasteiger partial charge in [0.1, 0.15) is 5.54 Å². The number of rotatable bonds is 6. The molecule has 16 heavy (non-hydrogen) atoms. The van der Waals surface area contributed by atoms with Gasteiger partial charge in [0.25, 0.3) is 0 Å². The van der Waals surface area contributed by atoms with E-state index < -0.39 is 11.5 Å². The van der Waals surface area contributed by atoms with E-state index in [2.05, 4.69) is 4.90 Å². The molecule has 1 heterocycles. The van der Waals surface area contributed by atoms with E-state index in [1.54, 1.807) is 6.92 Å². The largest absolute Gasteiger partial charge is 0.480 e. The van der Waals surface area contributed by atoms with E-state index in [0.717, 1.165) is 45.7 Å². The first-order chi connectivity index (χ1) is 7.52. The molecule has 0 amide bonds. The molecule has 3 N–H and O–H groups in total. The summed E-state index contributed by atoms with van der Waals surface area (Å²) in [4.78, 5) is 13.1. The lowest BCUT2D eigenvalue weighted by atomic mass is 9.96. The van der Waals surface area contributed by atoms with Gasteiger partial charge in [-0.15, -0.1) is 0 Å². The van der Waals surface area contributed by atoms with Gasteiger partial charge in [-0.1, -0.05) is 0 Å². The van der Waals surface area contributed by atoms with Gasteiger partial charge in [0.05, 0.1) is 13.2 Å². The minimum Gasteiger partial charge on any atom is -0.480 e. The molecule has 5 heteroatoms. The molecule has 1 fully saturated rings. The van der Waals surface area contributed by atoms with Crippen LogP contribution in [0.2, 0.25) is 0 Å². The zero-order valence-electron chi connectivity index (χ0n) is 9.95. The number of carboxylic acids is 1. The monoisotopic (exact) mass is 230 g/mol. The average molecular weight is 230 g/mol. The normalized spacial score (nSPS) is 21.6. The van der Waals surface area contributed by atoms with Crippen LogP contribution in [0.25, 0.3) is 0 Å². The number of morpholine rings is 1. The standard InChI is InChI=1S/C11H22N2O3/c1-11(12,10(14)15)4-2-3-5-13-6-8-16-9-7-13/h2-9,12H2,1H3,(H,14,15). The Kier molecular flexibility index (Phi) is 5.18. The molecule has 1 unspecified atom stereocenters. The van der Waals surface area contributed by atoms with Crippen LogP contribution in [0.5, 0.6) is 0 Å². The number of nitrogens with zero attached hydrogens (tertiary/aromatic N) is 1. The predicted octanol–water partition coefficient (Wildman–Crippen LogP) is 0.291. The van der Waals surface area contributed by atoms with Crippen molar-refractivity contribution < 1.29 is 14.6 Å². The van der Waals surface area contributed by atoms with E-state index in [4.69, 9.17) is 15.6 Å². The fourth-order valence-corrected chi connectivity index (χ4v) is 1.76. The second kappa shape index (κ2) is 6.18. The first kappa shape index (κ1) is 13.4. The molecule has 0 aliphatic carbocycles. The number of unbranched alkanes of at least 4 members (excludes halogenated alkanes) is 1. The maximum absolute atomic E-state index is 10.8. The number of ether oxygens (including phenoxy) is 1. The summed E-state index contributed by atoms with van der Waals surface area (Å²) in [7, 11) is 0. The zero-order chi connectivity index (χ0) is 12.0. The van der Waals surface area contributed by atoms with Crippen LogP contribution in [0.3, 0.4) is 0 Å². The highest BCUT2D eigenvalue weighted by molar-refractivity contribution is 5.77. The van der Waals surface area contributed by atoms with Crippen molar-refractivity contribution >= 4 is 5.97 Å². The lowest BCUT2D eigenvalue weighted by Gasteiger charge is -2.27. The number of carboxylic acid groups (broad SMARTS) is 1. The van der Waals surface area contributed by atoms with Crippen molar-refractivity contribution in [2.45, 2.75) is 31.7 Å². The fraction of sp³-hybridized carbons (Fsp3) is 0.909. The molecular formula is C11H22N2O3. The Morgan fingerprint density at radius 2 is 2.06 bits per heavy atom. The summed E-state index contributed by atoms with van der Waals surface area (Å²) in [6, 6.07) is 0. The molecule has 0 saturated carbocycles. The van der Waals surface area contributed by atoms with Crippen molar-refractivity contribution in [3.05, 3.63) is 0 Å². The number of aliphatic carboxylic acids is 1. The van der Waals surface area contributed by atoms with Crippen LogP contribution >= 0.6 is 0 Å². The van der Waals surface area contributed by atoms with Crippen LogP contribution in [0.15, 0.2) is 0 Å². The average Bonchev–Trinajstić information content (AvgIpc) is 2.26. The van der Waals surface area contributed by atoms with Crippen molar-refractivity contribution in [2.75, 3.05) is 32.8 Å². The third-order valence-corrected chi connectivity index (χ3v) is 3.01. The summed E-state index contributed by atoms with van der Waals surface area (Å²) in [6.45, 7) is 6.17. The minimum atomic E-state index is -1.08. The van der Waals surface area contributed by atoms with Gasteiger partial charge in [0.15, 0.2) is 0 Å². The lowest BCUT2D eigenvalue weighted by Crippen LogP contribution is -2.44. The van der Waals surface area contributed by atoms with E-state index in [-0.39, 0.29) is 0 Å².